The molecule has 72 valence electrons. The molecule has 1 rings (SSSR count). The third-order valence-corrected chi connectivity index (χ3v) is 3.53. The van der Waals surface area contributed by atoms with Crippen molar-refractivity contribution in [3.63, 3.8) is 0 Å². The van der Waals surface area contributed by atoms with Crippen LogP contribution >= 0.6 is 11.3 Å². The van der Waals surface area contributed by atoms with Gasteiger partial charge in [-0.05, 0) is 5.92 Å². The average molecular weight is 203 g/mol. The van der Waals surface area contributed by atoms with Gasteiger partial charge in [-0.3, -0.25) is 0 Å². The molecule has 0 amide bonds. The summed E-state index contributed by atoms with van der Waals surface area (Å²) in [6.45, 7) is 11.6. The Morgan fingerprint density at radius 1 is 1.36 bits per heavy atom. The highest BCUT2D eigenvalue weighted by molar-refractivity contribution is 7.13. The lowest BCUT2D eigenvalue weighted by atomic mass is 10.0. The second-order valence-corrected chi connectivity index (χ2v) is 4.38. The fourth-order valence-electron chi connectivity index (χ4n) is 1.36. The van der Waals surface area contributed by atoms with Crippen molar-refractivity contribution in [3.8, 4) is 6.07 Å². The molecular weight excluding hydrogens is 190 g/mol. The molecule has 0 bridgehead atoms. The molecule has 0 fully saturated rings. The summed E-state index contributed by atoms with van der Waals surface area (Å²) in [5.74, 6) is 0.377. The van der Waals surface area contributed by atoms with Crippen molar-refractivity contribution in [1.82, 2.24) is 0 Å². The van der Waals surface area contributed by atoms with E-state index >= 15 is 0 Å². The van der Waals surface area contributed by atoms with Crippen molar-refractivity contribution in [1.29, 1.82) is 5.26 Å². The maximum Gasteiger partial charge on any atom is 0.101 e. The van der Waals surface area contributed by atoms with E-state index in [0.717, 1.165) is 20.9 Å². The fourth-order valence-corrected chi connectivity index (χ4v) is 2.47. The van der Waals surface area contributed by atoms with Gasteiger partial charge in [0, 0.05) is 15.3 Å². The predicted octanol–water partition coefficient (Wildman–Crippen LogP) is 4.03. The van der Waals surface area contributed by atoms with E-state index in [0.29, 0.717) is 5.92 Å². The summed E-state index contributed by atoms with van der Waals surface area (Å²) in [6, 6.07) is 2.24. The van der Waals surface area contributed by atoms with E-state index in [1.54, 1.807) is 23.5 Å². The topological polar surface area (TPSA) is 23.8 Å². The van der Waals surface area contributed by atoms with Gasteiger partial charge in [0.2, 0.25) is 0 Å². The second kappa shape index (κ2) is 4.26. The standard InChI is InChI=1S/C12H13NS/c1-5-9-10(7-13)12(8(3)4)14-11(9)6-2/h5-6,8H,1-2H2,3-4H3. The Bertz CT molecular complexity index is 405. The number of hydrogen-bond donors (Lipinski definition) is 0. The Morgan fingerprint density at radius 2 is 2.00 bits per heavy atom. The summed E-state index contributed by atoms with van der Waals surface area (Å²) in [5, 5.41) is 9.06. The van der Waals surface area contributed by atoms with E-state index in [-0.39, 0.29) is 0 Å². The minimum Gasteiger partial charge on any atom is -0.192 e. The molecule has 0 aromatic carbocycles. The monoisotopic (exact) mass is 203 g/mol. The van der Waals surface area contributed by atoms with Crippen LogP contribution in [0.1, 0.15) is 40.6 Å². The number of rotatable bonds is 3. The highest BCUT2D eigenvalue weighted by Gasteiger charge is 2.16. The molecular formula is C12H13NS. The Hall–Kier alpha value is -1.33. The summed E-state index contributed by atoms with van der Waals surface area (Å²) in [5.41, 5.74) is 1.69. The number of nitriles is 1. The summed E-state index contributed by atoms with van der Waals surface area (Å²) in [4.78, 5) is 2.16. The minimum absolute atomic E-state index is 0.377. The van der Waals surface area contributed by atoms with Crippen molar-refractivity contribution in [2.24, 2.45) is 0 Å². The van der Waals surface area contributed by atoms with Crippen LogP contribution in [0.25, 0.3) is 12.2 Å². The van der Waals surface area contributed by atoms with E-state index in [9.17, 15) is 0 Å². The molecule has 0 saturated heterocycles. The lowest BCUT2D eigenvalue weighted by Gasteiger charge is -2.00. The van der Waals surface area contributed by atoms with Gasteiger partial charge < -0.3 is 0 Å². The predicted molar refractivity (Wildman–Crippen MR) is 63.3 cm³/mol. The lowest BCUT2D eigenvalue weighted by molar-refractivity contribution is 0.886. The summed E-state index contributed by atoms with van der Waals surface area (Å²) >= 11 is 1.63. The molecule has 0 aliphatic rings. The largest absolute Gasteiger partial charge is 0.192 e. The molecule has 0 saturated carbocycles. The number of thiophene rings is 1. The maximum absolute atomic E-state index is 9.06. The SMILES string of the molecule is C=Cc1sc(C(C)C)c(C#N)c1C=C. The van der Waals surface area contributed by atoms with Gasteiger partial charge >= 0.3 is 0 Å². The highest BCUT2D eigenvalue weighted by Crippen LogP contribution is 2.34. The van der Waals surface area contributed by atoms with Gasteiger partial charge in [-0.25, -0.2) is 0 Å². The maximum atomic E-state index is 9.06. The van der Waals surface area contributed by atoms with Crippen LogP contribution in [0, 0.1) is 11.3 Å². The smallest absolute Gasteiger partial charge is 0.101 e. The third kappa shape index (κ3) is 1.64. The van der Waals surface area contributed by atoms with Crippen LogP contribution in [0.3, 0.4) is 0 Å². The molecule has 0 unspecified atom stereocenters. The lowest BCUT2D eigenvalue weighted by Crippen LogP contribution is -1.86. The Morgan fingerprint density at radius 3 is 2.36 bits per heavy atom. The zero-order valence-electron chi connectivity index (χ0n) is 8.50. The van der Waals surface area contributed by atoms with Crippen LogP contribution in [0.4, 0.5) is 0 Å². The molecule has 1 heterocycles. The molecule has 0 atom stereocenters. The van der Waals surface area contributed by atoms with Crippen molar-refractivity contribution in [2.45, 2.75) is 19.8 Å². The molecule has 14 heavy (non-hydrogen) atoms. The number of hydrogen-bond acceptors (Lipinski definition) is 2. The molecule has 0 N–H and O–H groups in total. The molecule has 2 heteroatoms. The second-order valence-electron chi connectivity index (χ2n) is 3.29. The fraction of sp³-hybridized carbons (Fsp3) is 0.250. The highest BCUT2D eigenvalue weighted by atomic mass is 32.1. The quantitative estimate of drug-likeness (QED) is 0.727. The summed E-state index contributed by atoms with van der Waals surface area (Å²) in [7, 11) is 0. The van der Waals surface area contributed by atoms with E-state index in [4.69, 9.17) is 5.26 Å². The van der Waals surface area contributed by atoms with Gasteiger partial charge in [0.25, 0.3) is 0 Å². The van der Waals surface area contributed by atoms with Crippen LogP contribution < -0.4 is 0 Å². The van der Waals surface area contributed by atoms with Crippen LogP contribution in [-0.2, 0) is 0 Å². The van der Waals surface area contributed by atoms with Gasteiger partial charge in [0.1, 0.15) is 6.07 Å². The minimum atomic E-state index is 0.377. The van der Waals surface area contributed by atoms with Gasteiger partial charge in [-0.15, -0.1) is 11.3 Å². The van der Waals surface area contributed by atoms with Crippen molar-refractivity contribution in [3.05, 3.63) is 34.0 Å². The molecule has 0 aliphatic carbocycles. The van der Waals surface area contributed by atoms with E-state index in [1.807, 2.05) is 0 Å². The van der Waals surface area contributed by atoms with Crippen molar-refractivity contribution >= 4 is 23.5 Å². The van der Waals surface area contributed by atoms with Crippen molar-refractivity contribution in [2.75, 3.05) is 0 Å². The third-order valence-electron chi connectivity index (χ3n) is 2.03. The van der Waals surface area contributed by atoms with Crippen LogP contribution in [0.2, 0.25) is 0 Å². The van der Waals surface area contributed by atoms with E-state index in [1.165, 1.54) is 0 Å². The first-order valence-electron chi connectivity index (χ1n) is 4.47. The normalized spacial score (nSPS) is 9.86. The summed E-state index contributed by atoms with van der Waals surface area (Å²) < 4.78 is 0. The van der Waals surface area contributed by atoms with Crippen LogP contribution in [0.15, 0.2) is 13.2 Å². The van der Waals surface area contributed by atoms with Crippen LogP contribution in [0.5, 0.6) is 0 Å². The zero-order valence-corrected chi connectivity index (χ0v) is 9.32. The van der Waals surface area contributed by atoms with Gasteiger partial charge in [-0.2, -0.15) is 5.26 Å². The first kappa shape index (κ1) is 10.7. The molecule has 0 aliphatic heterocycles. The van der Waals surface area contributed by atoms with Gasteiger partial charge in [-0.1, -0.05) is 39.2 Å². The van der Waals surface area contributed by atoms with Crippen LogP contribution in [-0.4, -0.2) is 0 Å². The first-order chi connectivity index (χ1) is 6.65. The molecule has 1 aromatic heterocycles. The Kier molecular flexibility index (Phi) is 3.27. The molecule has 0 spiro atoms. The van der Waals surface area contributed by atoms with Crippen molar-refractivity contribution < 1.29 is 0 Å². The Labute approximate surface area is 89.0 Å². The average Bonchev–Trinajstić information content (AvgIpc) is 2.54. The molecule has 1 aromatic rings. The number of nitrogens with zero attached hydrogens (tertiary/aromatic N) is 1. The zero-order chi connectivity index (χ0) is 10.7. The van der Waals surface area contributed by atoms with E-state index < -0.39 is 0 Å². The summed E-state index contributed by atoms with van der Waals surface area (Å²) in [6.07, 6.45) is 3.52. The van der Waals surface area contributed by atoms with Gasteiger partial charge in [0.05, 0.1) is 5.56 Å². The molecule has 0 radical (unpaired) electrons. The van der Waals surface area contributed by atoms with E-state index in [2.05, 4.69) is 33.1 Å². The first-order valence-corrected chi connectivity index (χ1v) is 5.29. The Balaban J connectivity index is 3.48. The molecule has 1 nitrogen and oxygen atoms in total. The van der Waals surface area contributed by atoms with Gasteiger partial charge in [0.15, 0.2) is 0 Å².